The van der Waals surface area contributed by atoms with Crippen molar-refractivity contribution in [2.45, 2.75) is 238 Å². The maximum Gasteiger partial charge on any atom is 0.472 e. The molecule has 0 radical (unpaired) electrons. The topological polar surface area (TPSA) is 111 Å². The first-order chi connectivity index (χ1) is 32.4. The van der Waals surface area contributed by atoms with E-state index in [1.165, 1.54) is 83.5 Å². The zero-order valence-corrected chi connectivity index (χ0v) is 45.0. The Kier molecular flexibility index (Phi) is 45.3. The second kappa shape index (κ2) is 47.1. The summed E-state index contributed by atoms with van der Waals surface area (Å²) in [5, 5.41) is 3.02. The molecule has 0 aromatic carbocycles. The lowest BCUT2D eigenvalue weighted by Crippen LogP contribution is -2.47. The summed E-state index contributed by atoms with van der Waals surface area (Å²) in [4.78, 5) is 37.4. The number of carbonyl (C=O) groups is 2. The third-order valence-corrected chi connectivity index (χ3v) is 12.6. The monoisotopic (exact) mass is 960 g/mol. The first-order valence-electron chi connectivity index (χ1n) is 27.3. The first-order valence-corrected chi connectivity index (χ1v) is 28.8. The highest BCUT2D eigenvalue weighted by Gasteiger charge is 2.30. The zero-order chi connectivity index (χ0) is 49.4. The number of quaternary nitrogens is 1. The van der Waals surface area contributed by atoms with Gasteiger partial charge in [-0.25, -0.2) is 4.57 Å². The van der Waals surface area contributed by atoms with Crippen molar-refractivity contribution in [2.75, 3.05) is 40.9 Å². The Labute approximate surface area is 413 Å². The van der Waals surface area contributed by atoms with Crippen molar-refractivity contribution in [3.05, 3.63) is 72.9 Å². The lowest BCUT2D eigenvalue weighted by atomic mass is 10.1. The fourth-order valence-electron chi connectivity index (χ4n) is 7.31. The number of ether oxygens (including phenoxy) is 1. The lowest BCUT2D eigenvalue weighted by molar-refractivity contribution is -0.870. The summed E-state index contributed by atoms with van der Waals surface area (Å²) >= 11 is 0. The molecule has 9 nitrogen and oxygen atoms in total. The number of carbonyl (C=O) groups excluding carboxylic acids is 2. The van der Waals surface area contributed by atoms with Crippen molar-refractivity contribution in [1.29, 1.82) is 0 Å². The van der Waals surface area contributed by atoms with Gasteiger partial charge in [0.2, 0.25) is 5.91 Å². The predicted octanol–water partition coefficient (Wildman–Crippen LogP) is 16.1. The standard InChI is InChI=1S/C57H103N2O7P/c1-7-10-13-16-19-22-25-26-27-28-29-30-31-32-35-38-41-44-47-50-57(61)66-55(48-45-42-39-36-33-23-20-17-14-11-8-2)54(53-65-67(62,63)64-52-51-59(4,5)6)58-56(60)49-46-43-40-37-34-24-21-18-15-12-9-3/h18-19,21-22,26-27,29-30,32,35,45,48,54-55H,7-17,20,23-25,28,31,33-34,36-44,46-47,49-53H2,1-6H3,(H-,58,60,62,63)/p+1/b21-18-,22-19-,27-26-,30-29-,35-32-,48-45-. The number of rotatable bonds is 48. The molecule has 10 heteroatoms. The van der Waals surface area contributed by atoms with Gasteiger partial charge in [-0.05, 0) is 96.0 Å². The van der Waals surface area contributed by atoms with E-state index in [9.17, 15) is 19.0 Å². The normalized spacial score (nSPS) is 14.4. The Morgan fingerprint density at radius 2 is 0.925 bits per heavy atom. The predicted molar refractivity (Wildman–Crippen MR) is 286 cm³/mol. The second-order valence-electron chi connectivity index (χ2n) is 19.4. The Morgan fingerprint density at radius 1 is 0.522 bits per heavy atom. The fraction of sp³-hybridized carbons (Fsp3) is 0.754. The molecule has 0 rings (SSSR count). The molecule has 0 aliphatic heterocycles. The van der Waals surface area contributed by atoms with Crippen molar-refractivity contribution in [2.24, 2.45) is 0 Å². The van der Waals surface area contributed by atoms with Crippen LogP contribution in [0.25, 0.3) is 0 Å². The van der Waals surface area contributed by atoms with Crippen molar-refractivity contribution >= 4 is 19.7 Å². The summed E-state index contributed by atoms with van der Waals surface area (Å²) in [5.74, 6) is -0.558. The molecule has 3 atom stereocenters. The summed E-state index contributed by atoms with van der Waals surface area (Å²) in [6.07, 6.45) is 59.0. The molecule has 0 heterocycles. The number of esters is 1. The van der Waals surface area contributed by atoms with E-state index in [0.29, 0.717) is 23.9 Å². The van der Waals surface area contributed by atoms with E-state index in [2.05, 4.69) is 86.8 Å². The number of nitrogens with zero attached hydrogens (tertiary/aromatic N) is 1. The number of unbranched alkanes of at least 4 members (excludes halogenated alkanes) is 22. The van der Waals surface area contributed by atoms with Gasteiger partial charge in [-0.1, -0.05) is 190 Å². The maximum atomic E-state index is 13.4. The number of amides is 1. The van der Waals surface area contributed by atoms with Gasteiger partial charge in [0.25, 0.3) is 0 Å². The number of hydrogen-bond acceptors (Lipinski definition) is 6. The molecule has 1 amide bonds. The van der Waals surface area contributed by atoms with Crippen LogP contribution in [0, 0.1) is 0 Å². The van der Waals surface area contributed by atoms with Gasteiger partial charge in [0.15, 0.2) is 0 Å². The number of phosphoric ester groups is 1. The highest BCUT2D eigenvalue weighted by Crippen LogP contribution is 2.43. The molecule has 0 saturated carbocycles. The summed E-state index contributed by atoms with van der Waals surface area (Å²) in [5.41, 5.74) is 0. The van der Waals surface area contributed by atoms with Gasteiger partial charge in [0, 0.05) is 12.8 Å². The second-order valence-corrected chi connectivity index (χ2v) is 20.8. The number of phosphoric acid groups is 1. The number of allylic oxidation sites excluding steroid dienone is 11. The van der Waals surface area contributed by atoms with Gasteiger partial charge in [-0.3, -0.25) is 18.6 Å². The molecule has 0 aromatic rings. The van der Waals surface area contributed by atoms with E-state index >= 15 is 0 Å². The van der Waals surface area contributed by atoms with Gasteiger partial charge in [0.1, 0.15) is 19.3 Å². The maximum absolute atomic E-state index is 13.4. The van der Waals surface area contributed by atoms with Crippen LogP contribution in [0.4, 0.5) is 0 Å². The Morgan fingerprint density at radius 3 is 1.46 bits per heavy atom. The van der Waals surface area contributed by atoms with E-state index in [4.69, 9.17) is 13.8 Å². The summed E-state index contributed by atoms with van der Waals surface area (Å²) in [7, 11) is 1.46. The first kappa shape index (κ1) is 64.5. The minimum atomic E-state index is -4.45. The minimum Gasteiger partial charge on any atom is -0.456 e. The number of hydrogen-bond donors (Lipinski definition) is 2. The van der Waals surface area contributed by atoms with Crippen LogP contribution in [0.15, 0.2) is 72.9 Å². The Hall–Kier alpha value is -2.55. The van der Waals surface area contributed by atoms with Gasteiger partial charge < -0.3 is 19.4 Å². The highest BCUT2D eigenvalue weighted by molar-refractivity contribution is 7.47. The molecule has 0 aliphatic carbocycles. The van der Waals surface area contributed by atoms with Crippen LogP contribution in [0.3, 0.4) is 0 Å². The number of nitrogens with one attached hydrogen (secondary N) is 1. The summed E-state index contributed by atoms with van der Waals surface area (Å²) in [6.45, 7) is 6.89. The van der Waals surface area contributed by atoms with E-state index < -0.39 is 20.0 Å². The lowest BCUT2D eigenvalue weighted by Gasteiger charge is -2.27. The zero-order valence-electron chi connectivity index (χ0n) is 44.1. The molecule has 388 valence electrons. The minimum absolute atomic E-state index is 0.0307. The average molecular weight is 960 g/mol. The van der Waals surface area contributed by atoms with Gasteiger partial charge in [0.05, 0.1) is 33.8 Å². The van der Waals surface area contributed by atoms with E-state index in [0.717, 1.165) is 103 Å². The van der Waals surface area contributed by atoms with Gasteiger partial charge in [-0.2, -0.15) is 0 Å². The quantitative estimate of drug-likeness (QED) is 0.0205. The third-order valence-electron chi connectivity index (χ3n) is 11.6. The molecule has 0 aromatic heterocycles. The van der Waals surface area contributed by atoms with Crippen LogP contribution >= 0.6 is 7.82 Å². The third kappa shape index (κ3) is 48.3. The van der Waals surface area contributed by atoms with Gasteiger partial charge >= 0.3 is 13.8 Å². The van der Waals surface area contributed by atoms with Crippen molar-refractivity contribution < 1.29 is 37.3 Å². The van der Waals surface area contributed by atoms with E-state index in [1.807, 2.05) is 33.3 Å². The summed E-state index contributed by atoms with van der Waals surface area (Å²) in [6, 6.07) is -0.866. The van der Waals surface area contributed by atoms with Crippen LogP contribution in [0.2, 0.25) is 0 Å². The van der Waals surface area contributed by atoms with Crippen molar-refractivity contribution in [3.8, 4) is 0 Å². The number of likely N-dealkylation sites (N-methyl/N-ethyl adjacent to an activating group) is 1. The van der Waals surface area contributed by atoms with Crippen molar-refractivity contribution in [3.63, 3.8) is 0 Å². The largest absolute Gasteiger partial charge is 0.472 e. The Bertz CT molecular complexity index is 1380. The van der Waals surface area contributed by atoms with Crippen LogP contribution in [-0.4, -0.2) is 74.3 Å². The van der Waals surface area contributed by atoms with E-state index in [1.54, 1.807) is 0 Å². The molecular weight excluding hydrogens is 856 g/mol. The fourth-order valence-corrected chi connectivity index (χ4v) is 8.05. The molecule has 0 fully saturated rings. The van der Waals surface area contributed by atoms with Gasteiger partial charge in [-0.15, -0.1) is 0 Å². The molecule has 0 saturated heterocycles. The molecule has 0 aliphatic rings. The molecule has 0 spiro atoms. The molecule has 3 unspecified atom stereocenters. The average Bonchev–Trinajstić information content (AvgIpc) is 3.28. The summed E-state index contributed by atoms with van der Waals surface area (Å²) < 4.78 is 30.5. The van der Waals surface area contributed by atoms with Crippen LogP contribution < -0.4 is 5.32 Å². The molecular formula is C57H104N2O7P+. The molecule has 0 bridgehead atoms. The highest BCUT2D eigenvalue weighted by atomic mass is 31.2. The molecule has 2 N–H and O–H groups in total. The smallest absolute Gasteiger partial charge is 0.456 e. The Balaban J connectivity index is 5.40. The van der Waals surface area contributed by atoms with E-state index in [-0.39, 0.29) is 31.5 Å². The SMILES string of the molecule is CCCC/C=C\CCCCCCCC(=O)NC(COP(=O)(O)OCC[N+](C)(C)C)C(/C=C\CCCCCCCCCCC)OC(=O)CCCCC/C=C\C/C=C\C/C=C\C/C=C\CCCCC. The molecule has 67 heavy (non-hydrogen) atoms. The van der Waals surface area contributed by atoms with Crippen molar-refractivity contribution in [1.82, 2.24) is 5.32 Å². The van der Waals surface area contributed by atoms with Crippen LogP contribution in [0.1, 0.15) is 226 Å². The van der Waals surface area contributed by atoms with Crippen LogP contribution in [-0.2, 0) is 27.9 Å². The van der Waals surface area contributed by atoms with Crippen LogP contribution in [0.5, 0.6) is 0 Å².